The molecule has 9 heteroatoms. The number of anilines is 2. The van der Waals surface area contributed by atoms with E-state index < -0.39 is 10.0 Å². The predicted molar refractivity (Wildman–Crippen MR) is 81.1 cm³/mol. The second-order valence-electron chi connectivity index (χ2n) is 4.88. The lowest BCUT2D eigenvalue weighted by Gasteiger charge is -2.28. The van der Waals surface area contributed by atoms with Gasteiger partial charge in [0.2, 0.25) is 16.0 Å². The molecule has 1 aromatic heterocycles. The Hall–Kier alpha value is -1.45. The Kier molecular flexibility index (Phi) is 5.32. The van der Waals surface area contributed by atoms with E-state index >= 15 is 0 Å². The third-order valence-electron chi connectivity index (χ3n) is 2.95. The van der Waals surface area contributed by atoms with Crippen LogP contribution in [0.3, 0.4) is 0 Å². The van der Waals surface area contributed by atoms with Crippen molar-refractivity contribution in [1.82, 2.24) is 14.7 Å². The summed E-state index contributed by atoms with van der Waals surface area (Å²) in [6.45, 7) is 5.65. The second kappa shape index (κ2) is 7.01. The van der Waals surface area contributed by atoms with Gasteiger partial charge in [-0.25, -0.2) is 18.1 Å². The average molecular weight is 315 g/mol. The average Bonchev–Trinajstić information content (AvgIpc) is 2.43. The number of hydrogen-bond donors (Lipinski definition) is 2. The summed E-state index contributed by atoms with van der Waals surface area (Å²) >= 11 is 0. The highest BCUT2D eigenvalue weighted by Crippen LogP contribution is 2.15. The van der Waals surface area contributed by atoms with Gasteiger partial charge in [-0.2, -0.15) is 4.98 Å². The van der Waals surface area contributed by atoms with Crippen LogP contribution in [0.25, 0.3) is 0 Å². The molecule has 0 unspecified atom stereocenters. The van der Waals surface area contributed by atoms with Gasteiger partial charge >= 0.3 is 0 Å². The summed E-state index contributed by atoms with van der Waals surface area (Å²) in [6.07, 6.45) is 1.13. The zero-order valence-electron chi connectivity index (χ0n) is 12.3. The van der Waals surface area contributed by atoms with Gasteiger partial charge in [0.15, 0.2) is 0 Å². The van der Waals surface area contributed by atoms with Gasteiger partial charge in [-0.1, -0.05) is 0 Å². The number of sulfonamides is 1. The number of nitrogens with one attached hydrogen (secondary N) is 2. The van der Waals surface area contributed by atoms with Crippen molar-refractivity contribution >= 4 is 21.8 Å². The summed E-state index contributed by atoms with van der Waals surface area (Å²) in [4.78, 5) is 10.9. The third kappa shape index (κ3) is 5.44. The largest absolute Gasteiger partial charge is 0.378 e. The van der Waals surface area contributed by atoms with E-state index in [-0.39, 0.29) is 0 Å². The fraction of sp³-hybridized carbons (Fsp3) is 0.667. The third-order valence-corrected chi connectivity index (χ3v) is 3.68. The molecule has 0 radical (unpaired) electrons. The summed E-state index contributed by atoms with van der Waals surface area (Å²) < 4.78 is 29.7. The number of nitrogens with zero attached hydrogens (tertiary/aromatic N) is 3. The van der Waals surface area contributed by atoms with E-state index in [2.05, 4.69) is 24.9 Å². The van der Waals surface area contributed by atoms with Crippen LogP contribution in [-0.4, -0.2) is 64.0 Å². The van der Waals surface area contributed by atoms with Gasteiger partial charge in [0.05, 0.1) is 19.5 Å². The molecule has 1 saturated heterocycles. The standard InChI is InChI=1S/C12H21N5O3S/c1-10-9-11(17-5-7-20-8-6-17)16-12(15-10)13-3-4-14-21(2,18)19/h9,14H,3-8H2,1-2H3,(H,13,15,16). The summed E-state index contributed by atoms with van der Waals surface area (Å²) in [5.41, 5.74) is 0.866. The van der Waals surface area contributed by atoms with E-state index in [1.807, 2.05) is 13.0 Å². The van der Waals surface area contributed by atoms with Crippen molar-refractivity contribution in [3.05, 3.63) is 11.8 Å². The van der Waals surface area contributed by atoms with Crippen LogP contribution in [-0.2, 0) is 14.8 Å². The molecule has 1 aliphatic heterocycles. The SMILES string of the molecule is Cc1cc(N2CCOCC2)nc(NCCNS(C)(=O)=O)n1. The van der Waals surface area contributed by atoms with Crippen molar-refractivity contribution in [2.45, 2.75) is 6.92 Å². The van der Waals surface area contributed by atoms with Crippen molar-refractivity contribution < 1.29 is 13.2 Å². The summed E-state index contributed by atoms with van der Waals surface area (Å²) in [6, 6.07) is 1.94. The lowest BCUT2D eigenvalue weighted by molar-refractivity contribution is 0.122. The fourth-order valence-electron chi connectivity index (χ4n) is 2.00. The highest BCUT2D eigenvalue weighted by Gasteiger charge is 2.14. The molecule has 8 nitrogen and oxygen atoms in total. The van der Waals surface area contributed by atoms with Crippen LogP contribution in [0.4, 0.5) is 11.8 Å². The Balaban J connectivity index is 1.95. The van der Waals surface area contributed by atoms with Crippen molar-refractivity contribution in [3.63, 3.8) is 0 Å². The quantitative estimate of drug-likeness (QED) is 0.688. The molecule has 2 heterocycles. The first-order valence-corrected chi connectivity index (χ1v) is 8.70. The van der Waals surface area contributed by atoms with E-state index in [0.29, 0.717) is 32.3 Å². The van der Waals surface area contributed by atoms with Crippen LogP contribution in [0.15, 0.2) is 6.07 Å². The van der Waals surface area contributed by atoms with Crippen LogP contribution >= 0.6 is 0 Å². The van der Waals surface area contributed by atoms with E-state index in [1.165, 1.54) is 0 Å². The van der Waals surface area contributed by atoms with Gasteiger partial charge in [0.1, 0.15) is 5.82 Å². The lowest BCUT2D eigenvalue weighted by Crippen LogP contribution is -2.37. The first kappa shape index (κ1) is 15.9. The molecule has 0 bridgehead atoms. The number of aryl methyl sites for hydroxylation is 1. The van der Waals surface area contributed by atoms with Crippen LogP contribution < -0.4 is 14.9 Å². The van der Waals surface area contributed by atoms with Crippen LogP contribution in [0.1, 0.15) is 5.69 Å². The molecule has 0 aromatic carbocycles. The molecule has 1 aromatic rings. The van der Waals surface area contributed by atoms with Gasteiger partial charge in [-0.15, -0.1) is 0 Å². The minimum Gasteiger partial charge on any atom is -0.378 e. The number of ether oxygens (including phenoxy) is 1. The van der Waals surface area contributed by atoms with Gasteiger partial charge in [-0.05, 0) is 6.92 Å². The molecule has 0 spiro atoms. The number of rotatable bonds is 6. The Bertz CT molecular complexity index is 572. The molecule has 0 atom stereocenters. The molecule has 0 saturated carbocycles. The van der Waals surface area contributed by atoms with Gasteiger partial charge in [0, 0.05) is 37.9 Å². The topological polar surface area (TPSA) is 96.5 Å². The van der Waals surface area contributed by atoms with Crippen molar-refractivity contribution in [2.24, 2.45) is 0 Å². The Morgan fingerprint density at radius 3 is 2.67 bits per heavy atom. The maximum Gasteiger partial charge on any atom is 0.224 e. The smallest absolute Gasteiger partial charge is 0.224 e. The predicted octanol–water partition coefficient (Wildman–Crippen LogP) is -0.417. The fourth-order valence-corrected chi connectivity index (χ4v) is 2.47. The molecule has 2 N–H and O–H groups in total. The Labute approximate surface area is 125 Å². The Morgan fingerprint density at radius 1 is 1.29 bits per heavy atom. The number of hydrogen-bond acceptors (Lipinski definition) is 7. The number of morpholine rings is 1. The number of aromatic nitrogens is 2. The summed E-state index contributed by atoms with van der Waals surface area (Å²) in [7, 11) is -3.16. The molecular weight excluding hydrogens is 294 g/mol. The molecule has 2 rings (SSSR count). The first-order valence-electron chi connectivity index (χ1n) is 6.81. The summed E-state index contributed by atoms with van der Waals surface area (Å²) in [5.74, 6) is 1.37. The molecule has 118 valence electrons. The maximum absolute atomic E-state index is 11.0. The van der Waals surface area contributed by atoms with E-state index in [0.717, 1.165) is 30.9 Å². The molecule has 1 aliphatic rings. The summed E-state index contributed by atoms with van der Waals surface area (Å²) in [5, 5.41) is 3.03. The monoisotopic (exact) mass is 315 g/mol. The molecule has 0 aliphatic carbocycles. The Morgan fingerprint density at radius 2 is 2.00 bits per heavy atom. The zero-order valence-corrected chi connectivity index (χ0v) is 13.1. The minimum atomic E-state index is -3.16. The highest BCUT2D eigenvalue weighted by atomic mass is 32.2. The lowest BCUT2D eigenvalue weighted by atomic mass is 10.3. The maximum atomic E-state index is 11.0. The van der Waals surface area contributed by atoms with Crippen LogP contribution in [0, 0.1) is 6.92 Å². The van der Waals surface area contributed by atoms with Crippen molar-refractivity contribution in [2.75, 3.05) is 55.9 Å². The van der Waals surface area contributed by atoms with Gasteiger partial charge < -0.3 is 15.0 Å². The second-order valence-corrected chi connectivity index (χ2v) is 6.72. The highest BCUT2D eigenvalue weighted by molar-refractivity contribution is 7.88. The molecule has 0 amide bonds. The minimum absolute atomic E-state index is 0.295. The molecule has 1 fully saturated rings. The van der Waals surface area contributed by atoms with E-state index in [4.69, 9.17) is 4.74 Å². The van der Waals surface area contributed by atoms with Gasteiger partial charge in [-0.3, -0.25) is 0 Å². The molecule has 21 heavy (non-hydrogen) atoms. The molecular formula is C12H21N5O3S. The van der Waals surface area contributed by atoms with Crippen LogP contribution in [0.5, 0.6) is 0 Å². The van der Waals surface area contributed by atoms with E-state index in [9.17, 15) is 8.42 Å². The van der Waals surface area contributed by atoms with Crippen LogP contribution in [0.2, 0.25) is 0 Å². The van der Waals surface area contributed by atoms with E-state index in [1.54, 1.807) is 0 Å². The van der Waals surface area contributed by atoms with Crippen molar-refractivity contribution in [1.29, 1.82) is 0 Å². The van der Waals surface area contributed by atoms with Crippen molar-refractivity contribution in [3.8, 4) is 0 Å². The van der Waals surface area contributed by atoms with Gasteiger partial charge in [0.25, 0.3) is 0 Å². The first-order chi connectivity index (χ1) is 9.94. The normalized spacial score (nSPS) is 16.0. The zero-order chi connectivity index (χ0) is 15.3.